The molecule has 0 aliphatic heterocycles. The third-order valence-electron chi connectivity index (χ3n) is 1.70. The lowest BCUT2D eigenvalue weighted by atomic mass is 9.98. The Balaban J connectivity index is 3.30. The van der Waals surface area contributed by atoms with Crippen LogP contribution >= 0.6 is 15.9 Å². The molecule has 0 saturated carbocycles. The van der Waals surface area contributed by atoms with E-state index in [4.69, 9.17) is 6.42 Å². The highest BCUT2D eigenvalue weighted by Crippen LogP contribution is 2.24. The highest BCUT2D eigenvalue weighted by Gasteiger charge is 2.06. The lowest BCUT2D eigenvalue weighted by Crippen LogP contribution is -1.93. The average molecular weight is 222 g/mol. The molecule has 0 fully saturated rings. The lowest BCUT2D eigenvalue weighted by Gasteiger charge is -2.08. The largest absolute Gasteiger partial charge is 0.115 e. The molecule has 1 aromatic carbocycles. The van der Waals surface area contributed by atoms with Gasteiger partial charge in [0.2, 0.25) is 0 Å². The quantitative estimate of drug-likeness (QED) is 0.639. The van der Waals surface area contributed by atoms with Crippen molar-refractivity contribution in [3.8, 4) is 12.3 Å². The van der Waals surface area contributed by atoms with Crippen molar-refractivity contribution < 1.29 is 0 Å². The summed E-state index contributed by atoms with van der Waals surface area (Å²) in [7, 11) is 0. The maximum atomic E-state index is 5.40. The minimum Gasteiger partial charge on any atom is -0.115 e. The van der Waals surface area contributed by atoms with Crippen molar-refractivity contribution in [1.82, 2.24) is 0 Å². The molecule has 1 aromatic rings. The molecule has 1 radical (unpaired) electrons. The molecule has 0 N–H and O–H groups in total. The first kappa shape index (κ1) is 9.35. The van der Waals surface area contributed by atoms with Crippen LogP contribution in [0.4, 0.5) is 0 Å². The zero-order valence-corrected chi connectivity index (χ0v) is 8.77. The number of halogens is 1. The van der Waals surface area contributed by atoms with Crippen molar-refractivity contribution in [2.24, 2.45) is 0 Å². The molecule has 0 bridgehead atoms. The van der Waals surface area contributed by atoms with E-state index in [2.05, 4.69) is 35.7 Å². The van der Waals surface area contributed by atoms with Gasteiger partial charge in [0.25, 0.3) is 0 Å². The minimum absolute atomic E-state index is 0.942. The van der Waals surface area contributed by atoms with Crippen LogP contribution in [-0.2, 0) is 0 Å². The second kappa shape index (κ2) is 3.78. The molecule has 61 valence electrons. The minimum atomic E-state index is 0.942. The summed E-state index contributed by atoms with van der Waals surface area (Å²) in [6.07, 6.45) is 5.40. The van der Waals surface area contributed by atoms with E-state index in [9.17, 15) is 0 Å². The van der Waals surface area contributed by atoms with Gasteiger partial charge in [-0.25, -0.2) is 0 Å². The molecule has 0 aromatic heterocycles. The van der Waals surface area contributed by atoms with Crippen LogP contribution in [0, 0.1) is 18.3 Å². The van der Waals surface area contributed by atoms with E-state index in [1.54, 1.807) is 0 Å². The molecule has 0 aliphatic rings. The molecule has 1 heteroatoms. The fraction of sp³-hybridized carbons (Fsp3) is 0.182. The van der Waals surface area contributed by atoms with Gasteiger partial charge in [-0.3, -0.25) is 0 Å². The van der Waals surface area contributed by atoms with E-state index in [-0.39, 0.29) is 0 Å². The van der Waals surface area contributed by atoms with Crippen LogP contribution in [0.15, 0.2) is 22.7 Å². The Morgan fingerprint density at radius 1 is 1.42 bits per heavy atom. The van der Waals surface area contributed by atoms with Gasteiger partial charge in [0.1, 0.15) is 0 Å². The van der Waals surface area contributed by atoms with E-state index in [1.807, 2.05) is 18.2 Å². The molecule has 0 nitrogen and oxygen atoms in total. The first-order chi connectivity index (χ1) is 5.66. The molecule has 0 unspecified atom stereocenters. The monoisotopic (exact) mass is 221 g/mol. The Morgan fingerprint density at radius 2 is 2.08 bits per heavy atom. The highest BCUT2D eigenvalue weighted by atomic mass is 79.9. The Hall–Kier alpha value is -0.740. The standard InChI is InChI=1S/C11H10Br/c1-4-9-10(8(2)3)6-5-7-11(9)12/h1,5-7H,2-3H3. The summed E-state index contributed by atoms with van der Waals surface area (Å²) in [6, 6.07) is 5.99. The predicted molar refractivity (Wildman–Crippen MR) is 55.8 cm³/mol. The van der Waals surface area contributed by atoms with Gasteiger partial charge in [-0.2, -0.15) is 0 Å². The normalized spacial score (nSPS) is 9.92. The van der Waals surface area contributed by atoms with Crippen molar-refractivity contribution in [2.75, 3.05) is 0 Å². The third kappa shape index (κ3) is 1.70. The van der Waals surface area contributed by atoms with Crippen LogP contribution in [0.1, 0.15) is 25.0 Å². The van der Waals surface area contributed by atoms with Gasteiger partial charge < -0.3 is 0 Å². The highest BCUT2D eigenvalue weighted by molar-refractivity contribution is 9.10. The fourth-order valence-corrected chi connectivity index (χ4v) is 1.57. The Morgan fingerprint density at radius 3 is 2.50 bits per heavy atom. The molecule has 0 heterocycles. The zero-order chi connectivity index (χ0) is 9.14. The van der Waals surface area contributed by atoms with Crippen LogP contribution in [0.5, 0.6) is 0 Å². The van der Waals surface area contributed by atoms with Crippen molar-refractivity contribution >= 4 is 15.9 Å². The molecule has 12 heavy (non-hydrogen) atoms. The van der Waals surface area contributed by atoms with Crippen molar-refractivity contribution in [3.63, 3.8) is 0 Å². The summed E-state index contributed by atoms with van der Waals surface area (Å²) < 4.78 is 0.990. The number of hydrogen-bond donors (Lipinski definition) is 0. The van der Waals surface area contributed by atoms with Crippen molar-refractivity contribution in [1.29, 1.82) is 0 Å². The molecule has 0 aliphatic carbocycles. The summed E-state index contributed by atoms with van der Waals surface area (Å²) in [6.45, 7) is 4.12. The third-order valence-corrected chi connectivity index (χ3v) is 2.36. The summed E-state index contributed by atoms with van der Waals surface area (Å²) in [5.74, 6) is 3.92. The maximum Gasteiger partial charge on any atom is 0.0422 e. The van der Waals surface area contributed by atoms with Crippen LogP contribution in [0.2, 0.25) is 0 Å². The number of terminal acetylenes is 1. The van der Waals surface area contributed by atoms with Gasteiger partial charge in [0.15, 0.2) is 0 Å². The van der Waals surface area contributed by atoms with Crippen LogP contribution in [0.3, 0.4) is 0 Å². The second-order valence-electron chi connectivity index (χ2n) is 2.81. The van der Waals surface area contributed by atoms with Gasteiger partial charge in [-0.05, 0) is 27.6 Å². The summed E-state index contributed by atoms with van der Waals surface area (Å²) >= 11 is 3.42. The molecule has 0 saturated heterocycles. The number of benzene rings is 1. The van der Waals surface area contributed by atoms with E-state index in [1.165, 1.54) is 5.92 Å². The lowest BCUT2D eigenvalue weighted by molar-refractivity contribution is 1.14. The van der Waals surface area contributed by atoms with Gasteiger partial charge in [0, 0.05) is 16.0 Å². The second-order valence-corrected chi connectivity index (χ2v) is 3.66. The van der Waals surface area contributed by atoms with Gasteiger partial charge in [-0.15, -0.1) is 6.42 Å². The van der Waals surface area contributed by atoms with Gasteiger partial charge in [0.05, 0.1) is 0 Å². The van der Waals surface area contributed by atoms with Crippen LogP contribution in [0.25, 0.3) is 0 Å². The predicted octanol–water partition coefficient (Wildman–Crippen LogP) is 3.39. The molecular formula is C11H10Br. The Bertz CT molecular complexity index is 318. The smallest absolute Gasteiger partial charge is 0.0422 e. The summed E-state index contributed by atoms with van der Waals surface area (Å²) in [5.41, 5.74) is 2.09. The van der Waals surface area contributed by atoms with E-state index in [0.717, 1.165) is 15.6 Å². The first-order valence-corrected chi connectivity index (χ1v) is 4.51. The summed E-state index contributed by atoms with van der Waals surface area (Å²) in [5, 5.41) is 0. The fourth-order valence-electron chi connectivity index (χ4n) is 1.09. The van der Waals surface area contributed by atoms with Crippen LogP contribution in [-0.4, -0.2) is 0 Å². The van der Waals surface area contributed by atoms with Gasteiger partial charge >= 0.3 is 0 Å². The molecule has 0 amide bonds. The SMILES string of the molecule is C#Cc1c(Br)cccc1[C](C)C. The molecule has 0 atom stereocenters. The van der Waals surface area contributed by atoms with E-state index < -0.39 is 0 Å². The molecule has 0 spiro atoms. The van der Waals surface area contributed by atoms with Crippen molar-refractivity contribution in [3.05, 3.63) is 39.7 Å². The zero-order valence-electron chi connectivity index (χ0n) is 7.19. The van der Waals surface area contributed by atoms with Gasteiger partial charge in [-0.1, -0.05) is 31.9 Å². The summed E-state index contributed by atoms with van der Waals surface area (Å²) in [4.78, 5) is 0. The maximum absolute atomic E-state index is 5.40. The number of hydrogen-bond acceptors (Lipinski definition) is 0. The average Bonchev–Trinajstić information content (AvgIpc) is 2.03. The van der Waals surface area contributed by atoms with Crippen LogP contribution < -0.4 is 0 Å². The van der Waals surface area contributed by atoms with E-state index >= 15 is 0 Å². The van der Waals surface area contributed by atoms with E-state index in [0.29, 0.717) is 0 Å². The topological polar surface area (TPSA) is 0 Å². The first-order valence-electron chi connectivity index (χ1n) is 3.72. The van der Waals surface area contributed by atoms with Crippen molar-refractivity contribution in [2.45, 2.75) is 13.8 Å². The molecular weight excluding hydrogens is 212 g/mol. The Kier molecular flexibility index (Phi) is 2.94. The molecule has 1 rings (SSSR count). The number of rotatable bonds is 1. The Labute approximate surface area is 82.1 Å².